The molecule has 2 aliphatic rings. The number of hydrogen-bond donors (Lipinski definition) is 0. The van der Waals surface area contributed by atoms with Crippen LogP contribution in [0.4, 0.5) is 0 Å². The van der Waals surface area contributed by atoms with Crippen LogP contribution in [0.5, 0.6) is 0 Å². The maximum atomic E-state index is 11.6. The molecule has 1 radical (unpaired) electrons. The summed E-state index contributed by atoms with van der Waals surface area (Å²) in [5.74, 6) is 0. The lowest BCUT2D eigenvalue weighted by molar-refractivity contribution is -0.0165. The molecule has 0 aromatic heterocycles. The highest BCUT2D eigenvalue weighted by Gasteiger charge is 2.30. The Balaban J connectivity index is 1.91. The fraction of sp³-hybridized carbons (Fsp3) is 1.00. The number of nitrogens with zero attached hydrogens (tertiary/aromatic N) is 1. The molecule has 2 fully saturated rings. The highest BCUT2D eigenvalue weighted by atomic mass is 16.3. The lowest BCUT2D eigenvalue weighted by atomic mass is 9.91. The van der Waals surface area contributed by atoms with Crippen molar-refractivity contribution in [1.82, 2.24) is 4.90 Å². The Kier molecular flexibility index (Phi) is 2.66. The molecule has 1 heterocycles. The Morgan fingerprint density at radius 2 is 1.58 bits per heavy atom. The van der Waals surface area contributed by atoms with E-state index in [2.05, 4.69) is 4.90 Å². The number of likely N-dealkylation sites (tertiary alicyclic amines) is 1. The Morgan fingerprint density at radius 1 is 0.917 bits per heavy atom. The molecule has 1 saturated carbocycles. The second-order valence-corrected chi connectivity index (χ2v) is 4.13. The number of rotatable bonds is 1. The fourth-order valence-corrected chi connectivity index (χ4v) is 2.57. The average molecular weight is 168 g/mol. The van der Waals surface area contributed by atoms with Crippen LogP contribution in [0.3, 0.4) is 0 Å². The van der Waals surface area contributed by atoms with Crippen molar-refractivity contribution in [2.24, 2.45) is 0 Å². The molecule has 1 aliphatic carbocycles. The first-order chi connectivity index (χ1) is 5.88. The quantitative estimate of drug-likeness (QED) is 0.585. The standard InChI is InChI=1S/C10H18NO/c12-10-6-2-1-5-9(10)11-7-3-4-8-11/h9-10H,1-8H2/t9-,10-/m1/s1. The van der Waals surface area contributed by atoms with Gasteiger partial charge in [0.2, 0.25) is 0 Å². The smallest absolute Gasteiger partial charge is 0.108 e. The third-order valence-electron chi connectivity index (χ3n) is 3.28. The predicted molar refractivity (Wildman–Crippen MR) is 47.5 cm³/mol. The number of hydrogen-bond acceptors (Lipinski definition) is 1. The van der Waals surface area contributed by atoms with Crippen LogP contribution < -0.4 is 0 Å². The Hall–Kier alpha value is -0.0800. The van der Waals surface area contributed by atoms with Gasteiger partial charge in [0.05, 0.1) is 0 Å². The SMILES string of the molecule is [O][C@@H]1CCCC[C@H]1N1CCCC1. The van der Waals surface area contributed by atoms with E-state index in [4.69, 9.17) is 0 Å². The summed E-state index contributed by atoms with van der Waals surface area (Å²) < 4.78 is 0. The van der Waals surface area contributed by atoms with E-state index < -0.39 is 0 Å². The van der Waals surface area contributed by atoms with Crippen molar-refractivity contribution in [2.75, 3.05) is 13.1 Å². The van der Waals surface area contributed by atoms with E-state index in [1.165, 1.54) is 38.8 Å². The van der Waals surface area contributed by atoms with E-state index in [1.54, 1.807) is 0 Å². The lowest BCUT2D eigenvalue weighted by Gasteiger charge is -2.33. The van der Waals surface area contributed by atoms with Crippen molar-refractivity contribution in [3.63, 3.8) is 0 Å². The molecule has 0 aromatic carbocycles. The Bertz CT molecular complexity index is 143. The van der Waals surface area contributed by atoms with Gasteiger partial charge in [0, 0.05) is 6.04 Å². The summed E-state index contributed by atoms with van der Waals surface area (Å²) in [5.41, 5.74) is 0. The minimum Gasteiger partial charge on any atom is -0.298 e. The summed E-state index contributed by atoms with van der Waals surface area (Å²) in [6.07, 6.45) is 6.86. The van der Waals surface area contributed by atoms with Gasteiger partial charge in [0.1, 0.15) is 6.10 Å². The van der Waals surface area contributed by atoms with Crippen molar-refractivity contribution < 1.29 is 5.11 Å². The van der Waals surface area contributed by atoms with Crippen LogP contribution in [0.2, 0.25) is 0 Å². The average Bonchev–Trinajstić information content (AvgIpc) is 2.57. The van der Waals surface area contributed by atoms with Crippen molar-refractivity contribution >= 4 is 0 Å². The minimum absolute atomic E-state index is 0.281. The molecule has 0 amide bonds. The molecule has 0 spiro atoms. The monoisotopic (exact) mass is 168 g/mol. The molecule has 2 atom stereocenters. The van der Waals surface area contributed by atoms with Gasteiger partial charge in [-0.25, -0.2) is 5.11 Å². The summed E-state index contributed by atoms with van der Waals surface area (Å²) in [6.45, 7) is 2.37. The summed E-state index contributed by atoms with van der Waals surface area (Å²) in [6, 6.07) is 0.390. The van der Waals surface area contributed by atoms with E-state index >= 15 is 0 Å². The van der Waals surface area contributed by atoms with Crippen LogP contribution in [0.25, 0.3) is 0 Å². The molecule has 1 aliphatic heterocycles. The van der Waals surface area contributed by atoms with Gasteiger partial charge >= 0.3 is 0 Å². The van der Waals surface area contributed by atoms with Crippen molar-refractivity contribution in [2.45, 2.75) is 50.7 Å². The summed E-state index contributed by atoms with van der Waals surface area (Å²) >= 11 is 0. The van der Waals surface area contributed by atoms with Crippen LogP contribution in [-0.2, 0) is 5.11 Å². The summed E-state index contributed by atoms with van der Waals surface area (Å²) in [5, 5.41) is 11.6. The van der Waals surface area contributed by atoms with E-state index in [0.29, 0.717) is 6.04 Å². The zero-order valence-corrected chi connectivity index (χ0v) is 7.67. The first-order valence-corrected chi connectivity index (χ1v) is 5.28. The van der Waals surface area contributed by atoms with E-state index in [-0.39, 0.29) is 6.10 Å². The van der Waals surface area contributed by atoms with Crippen LogP contribution in [0, 0.1) is 0 Å². The molecule has 0 bridgehead atoms. The van der Waals surface area contributed by atoms with Crippen molar-refractivity contribution in [1.29, 1.82) is 0 Å². The second kappa shape index (κ2) is 3.75. The first kappa shape index (κ1) is 8.52. The highest BCUT2D eigenvalue weighted by molar-refractivity contribution is 4.84. The first-order valence-electron chi connectivity index (χ1n) is 5.28. The second-order valence-electron chi connectivity index (χ2n) is 4.13. The van der Waals surface area contributed by atoms with Crippen molar-refractivity contribution in [3.05, 3.63) is 0 Å². The highest BCUT2D eigenvalue weighted by Crippen LogP contribution is 2.26. The van der Waals surface area contributed by atoms with Crippen molar-refractivity contribution in [3.8, 4) is 0 Å². The van der Waals surface area contributed by atoms with Gasteiger partial charge in [0.15, 0.2) is 0 Å². The summed E-state index contributed by atoms with van der Waals surface area (Å²) in [4.78, 5) is 2.43. The van der Waals surface area contributed by atoms with E-state index in [1.807, 2.05) is 0 Å². The Labute approximate surface area is 74.6 Å². The molecule has 0 unspecified atom stereocenters. The summed E-state index contributed by atoms with van der Waals surface area (Å²) in [7, 11) is 0. The molecule has 2 heteroatoms. The van der Waals surface area contributed by atoms with Gasteiger partial charge in [-0.2, -0.15) is 0 Å². The van der Waals surface area contributed by atoms with E-state index in [9.17, 15) is 5.11 Å². The third-order valence-corrected chi connectivity index (χ3v) is 3.28. The zero-order valence-electron chi connectivity index (χ0n) is 7.67. The van der Waals surface area contributed by atoms with Gasteiger partial charge < -0.3 is 0 Å². The molecule has 69 valence electrons. The maximum absolute atomic E-state index is 11.6. The minimum atomic E-state index is -0.281. The molecule has 2 rings (SSSR count). The molecule has 2 nitrogen and oxygen atoms in total. The largest absolute Gasteiger partial charge is 0.298 e. The topological polar surface area (TPSA) is 23.1 Å². The zero-order chi connectivity index (χ0) is 8.39. The van der Waals surface area contributed by atoms with Crippen LogP contribution in [0.15, 0.2) is 0 Å². The van der Waals surface area contributed by atoms with Gasteiger partial charge in [-0.15, -0.1) is 0 Å². The van der Waals surface area contributed by atoms with Gasteiger partial charge in [-0.05, 0) is 38.8 Å². The molecule has 0 aromatic rings. The van der Waals surface area contributed by atoms with Gasteiger partial charge in [-0.1, -0.05) is 12.8 Å². The maximum Gasteiger partial charge on any atom is 0.108 e. The van der Waals surface area contributed by atoms with Crippen LogP contribution >= 0.6 is 0 Å². The molecule has 1 saturated heterocycles. The predicted octanol–water partition coefficient (Wildman–Crippen LogP) is 1.82. The molecule has 12 heavy (non-hydrogen) atoms. The third kappa shape index (κ3) is 1.64. The van der Waals surface area contributed by atoms with Crippen LogP contribution in [0.1, 0.15) is 38.5 Å². The normalized spacial score (nSPS) is 38.8. The molecular formula is C10H18NO. The lowest BCUT2D eigenvalue weighted by Crippen LogP contribution is -2.43. The van der Waals surface area contributed by atoms with E-state index in [0.717, 1.165) is 12.8 Å². The Morgan fingerprint density at radius 3 is 2.25 bits per heavy atom. The fourth-order valence-electron chi connectivity index (χ4n) is 2.57. The molecule has 0 N–H and O–H groups in total. The molecular weight excluding hydrogens is 150 g/mol. The van der Waals surface area contributed by atoms with Gasteiger partial charge in [-0.3, -0.25) is 4.90 Å². The van der Waals surface area contributed by atoms with Gasteiger partial charge in [0.25, 0.3) is 0 Å². The van der Waals surface area contributed by atoms with Crippen LogP contribution in [-0.4, -0.2) is 30.1 Å².